The molecule has 0 spiro atoms. The number of nitrogens with one attached hydrogen (secondary N) is 1. The van der Waals surface area contributed by atoms with Crippen molar-refractivity contribution in [3.8, 4) is 11.5 Å². The van der Waals surface area contributed by atoms with E-state index in [0.717, 1.165) is 23.2 Å². The van der Waals surface area contributed by atoms with Crippen LogP contribution in [0.1, 0.15) is 34.8 Å². The maximum Gasteiger partial charge on any atom is 0.251 e. The Balaban J connectivity index is 1.68. The first-order valence-corrected chi connectivity index (χ1v) is 8.99. The summed E-state index contributed by atoms with van der Waals surface area (Å²) < 4.78 is 10.5. The Morgan fingerprint density at radius 2 is 1.85 bits per heavy atom. The molecule has 1 heterocycles. The Kier molecular flexibility index (Phi) is 5.64. The van der Waals surface area contributed by atoms with Gasteiger partial charge in [0.05, 0.1) is 14.2 Å². The van der Waals surface area contributed by atoms with Crippen LogP contribution in [0.15, 0.2) is 36.4 Å². The van der Waals surface area contributed by atoms with Crippen molar-refractivity contribution in [1.29, 1.82) is 0 Å². The SMILES string of the molecule is CCC(=O)N1CCc2cc(C(=O)NCc3ccc(OC)c(OC)c3)ccc21. The molecule has 0 radical (unpaired) electrons. The first kappa shape index (κ1) is 18.8. The fourth-order valence-electron chi connectivity index (χ4n) is 3.27. The van der Waals surface area contributed by atoms with Gasteiger partial charge in [-0.1, -0.05) is 13.0 Å². The number of fused-ring (bicyclic) bond motifs is 1. The average Bonchev–Trinajstić information content (AvgIpc) is 3.14. The summed E-state index contributed by atoms with van der Waals surface area (Å²) >= 11 is 0. The summed E-state index contributed by atoms with van der Waals surface area (Å²) in [7, 11) is 3.17. The number of hydrogen-bond acceptors (Lipinski definition) is 4. The molecule has 0 fully saturated rings. The van der Waals surface area contributed by atoms with Crippen LogP contribution in [0, 0.1) is 0 Å². The van der Waals surface area contributed by atoms with Gasteiger partial charge in [0.1, 0.15) is 0 Å². The number of rotatable bonds is 6. The van der Waals surface area contributed by atoms with E-state index in [0.29, 0.717) is 36.6 Å². The summed E-state index contributed by atoms with van der Waals surface area (Å²) in [6.07, 6.45) is 1.25. The molecule has 142 valence electrons. The van der Waals surface area contributed by atoms with Crippen LogP contribution in [0.2, 0.25) is 0 Å². The molecule has 27 heavy (non-hydrogen) atoms. The third-order valence-electron chi connectivity index (χ3n) is 4.74. The summed E-state index contributed by atoms with van der Waals surface area (Å²) in [5, 5.41) is 2.92. The van der Waals surface area contributed by atoms with Crippen LogP contribution in [-0.2, 0) is 17.8 Å². The van der Waals surface area contributed by atoms with Crippen molar-refractivity contribution in [3.63, 3.8) is 0 Å². The van der Waals surface area contributed by atoms with Crippen LogP contribution in [0.4, 0.5) is 5.69 Å². The van der Waals surface area contributed by atoms with Crippen molar-refractivity contribution >= 4 is 17.5 Å². The van der Waals surface area contributed by atoms with E-state index in [2.05, 4.69) is 5.32 Å². The van der Waals surface area contributed by atoms with Crippen LogP contribution >= 0.6 is 0 Å². The monoisotopic (exact) mass is 368 g/mol. The fourth-order valence-corrected chi connectivity index (χ4v) is 3.27. The zero-order valence-electron chi connectivity index (χ0n) is 15.9. The third-order valence-corrected chi connectivity index (χ3v) is 4.74. The lowest BCUT2D eigenvalue weighted by molar-refractivity contribution is -0.118. The number of nitrogens with zero attached hydrogens (tertiary/aromatic N) is 1. The minimum absolute atomic E-state index is 0.111. The van der Waals surface area contributed by atoms with Crippen LogP contribution in [0.5, 0.6) is 11.5 Å². The van der Waals surface area contributed by atoms with Crippen molar-refractivity contribution in [3.05, 3.63) is 53.1 Å². The standard InChI is InChI=1S/C21H24N2O4/c1-4-20(24)23-10-9-15-12-16(6-7-17(15)23)21(25)22-13-14-5-8-18(26-2)19(11-14)27-3/h5-8,11-12H,4,9-10,13H2,1-3H3,(H,22,25). The van der Waals surface area contributed by atoms with E-state index >= 15 is 0 Å². The smallest absolute Gasteiger partial charge is 0.251 e. The second-order valence-corrected chi connectivity index (χ2v) is 6.36. The Labute approximate surface area is 159 Å². The van der Waals surface area contributed by atoms with E-state index in [1.54, 1.807) is 25.2 Å². The highest BCUT2D eigenvalue weighted by Gasteiger charge is 2.24. The molecule has 0 unspecified atom stereocenters. The Morgan fingerprint density at radius 3 is 2.56 bits per heavy atom. The average molecular weight is 368 g/mol. The lowest BCUT2D eigenvalue weighted by Crippen LogP contribution is -2.27. The molecule has 1 aliphatic rings. The van der Waals surface area contributed by atoms with Gasteiger partial charge in [-0.15, -0.1) is 0 Å². The molecule has 1 aliphatic heterocycles. The van der Waals surface area contributed by atoms with E-state index in [-0.39, 0.29) is 11.8 Å². The number of anilines is 1. The number of amides is 2. The molecule has 1 N–H and O–H groups in total. The molecule has 0 aromatic heterocycles. The topological polar surface area (TPSA) is 67.9 Å². The van der Waals surface area contributed by atoms with Gasteiger partial charge in [-0.25, -0.2) is 0 Å². The van der Waals surface area contributed by atoms with Gasteiger partial charge in [0.25, 0.3) is 5.91 Å². The molecule has 0 saturated heterocycles. The van der Waals surface area contributed by atoms with Gasteiger partial charge in [-0.3, -0.25) is 9.59 Å². The molecule has 0 bridgehead atoms. The molecule has 2 aromatic rings. The lowest BCUT2D eigenvalue weighted by atomic mass is 10.1. The quantitative estimate of drug-likeness (QED) is 0.851. The highest BCUT2D eigenvalue weighted by molar-refractivity contribution is 5.98. The normalized spacial score (nSPS) is 12.5. The minimum Gasteiger partial charge on any atom is -0.493 e. The fraction of sp³-hybridized carbons (Fsp3) is 0.333. The molecule has 0 saturated carbocycles. The van der Waals surface area contributed by atoms with E-state index in [1.807, 2.05) is 37.3 Å². The van der Waals surface area contributed by atoms with Crippen molar-refractivity contribution in [2.24, 2.45) is 0 Å². The van der Waals surface area contributed by atoms with E-state index in [9.17, 15) is 9.59 Å². The van der Waals surface area contributed by atoms with Gasteiger partial charge < -0.3 is 19.7 Å². The van der Waals surface area contributed by atoms with Gasteiger partial charge in [-0.05, 0) is 47.9 Å². The number of methoxy groups -OCH3 is 2. The number of carbonyl (C=O) groups is 2. The van der Waals surface area contributed by atoms with Crippen molar-refractivity contribution in [1.82, 2.24) is 5.32 Å². The maximum atomic E-state index is 12.5. The van der Waals surface area contributed by atoms with Gasteiger partial charge in [0.2, 0.25) is 5.91 Å². The second-order valence-electron chi connectivity index (χ2n) is 6.36. The number of carbonyl (C=O) groups excluding carboxylic acids is 2. The predicted octanol–water partition coefficient (Wildman–Crippen LogP) is 2.93. The van der Waals surface area contributed by atoms with Crippen LogP contribution in [-0.4, -0.2) is 32.6 Å². The molecule has 6 nitrogen and oxygen atoms in total. The Morgan fingerprint density at radius 1 is 1.07 bits per heavy atom. The first-order valence-electron chi connectivity index (χ1n) is 8.99. The third kappa shape index (κ3) is 3.89. The van der Waals surface area contributed by atoms with E-state index < -0.39 is 0 Å². The van der Waals surface area contributed by atoms with E-state index in [1.165, 1.54) is 0 Å². The number of benzene rings is 2. The molecule has 6 heteroatoms. The van der Waals surface area contributed by atoms with E-state index in [4.69, 9.17) is 9.47 Å². The Hall–Kier alpha value is -3.02. The summed E-state index contributed by atoms with van der Waals surface area (Å²) in [6, 6.07) is 11.1. The summed E-state index contributed by atoms with van der Waals surface area (Å²) in [6.45, 7) is 2.92. The van der Waals surface area contributed by atoms with Crippen molar-refractivity contribution < 1.29 is 19.1 Å². The van der Waals surface area contributed by atoms with Gasteiger partial charge in [0, 0.05) is 30.8 Å². The molecular weight excluding hydrogens is 344 g/mol. The van der Waals surface area contributed by atoms with Crippen LogP contribution in [0.3, 0.4) is 0 Å². The number of ether oxygens (including phenoxy) is 2. The molecule has 2 amide bonds. The Bertz CT molecular complexity index is 863. The second kappa shape index (κ2) is 8.12. The predicted molar refractivity (Wildman–Crippen MR) is 104 cm³/mol. The largest absolute Gasteiger partial charge is 0.493 e. The molecule has 2 aromatic carbocycles. The minimum atomic E-state index is -0.146. The number of hydrogen-bond donors (Lipinski definition) is 1. The molecule has 0 atom stereocenters. The van der Waals surface area contributed by atoms with Crippen LogP contribution < -0.4 is 19.7 Å². The zero-order valence-corrected chi connectivity index (χ0v) is 15.9. The zero-order chi connectivity index (χ0) is 19.4. The highest BCUT2D eigenvalue weighted by atomic mass is 16.5. The van der Waals surface area contributed by atoms with Crippen molar-refractivity contribution in [2.45, 2.75) is 26.3 Å². The van der Waals surface area contributed by atoms with Crippen LogP contribution in [0.25, 0.3) is 0 Å². The summed E-state index contributed by atoms with van der Waals surface area (Å²) in [4.78, 5) is 26.3. The summed E-state index contributed by atoms with van der Waals surface area (Å²) in [5.41, 5.74) is 3.47. The summed E-state index contributed by atoms with van der Waals surface area (Å²) in [5.74, 6) is 1.24. The highest BCUT2D eigenvalue weighted by Crippen LogP contribution is 2.30. The van der Waals surface area contributed by atoms with Gasteiger partial charge in [-0.2, -0.15) is 0 Å². The lowest BCUT2D eigenvalue weighted by Gasteiger charge is -2.16. The molecule has 0 aliphatic carbocycles. The molecular formula is C21H24N2O4. The molecule has 3 rings (SSSR count). The van der Waals surface area contributed by atoms with Gasteiger partial charge >= 0.3 is 0 Å². The van der Waals surface area contributed by atoms with Gasteiger partial charge in [0.15, 0.2) is 11.5 Å². The maximum absolute atomic E-state index is 12.5. The first-order chi connectivity index (χ1) is 13.1. The van der Waals surface area contributed by atoms with Crippen molar-refractivity contribution in [2.75, 3.05) is 25.7 Å².